The van der Waals surface area contributed by atoms with Gasteiger partial charge in [-0.05, 0) is 44.0 Å². The Labute approximate surface area is 189 Å². The van der Waals surface area contributed by atoms with Crippen LogP contribution in [0.25, 0.3) is 0 Å². The maximum Gasteiger partial charge on any atom is 0.264 e. The second-order valence-corrected chi connectivity index (χ2v) is 9.75. The van der Waals surface area contributed by atoms with Crippen LogP contribution in [0.2, 0.25) is 0 Å². The van der Waals surface area contributed by atoms with Gasteiger partial charge in [0.05, 0.1) is 36.9 Å². The second kappa shape index (κ2) is 10.2. The summed E-state index contributed by atoms with van der Waals surface area (Å²) in [5, 5.41) is 13.0. The first-order chi connectivity index (χ1) is 15.3. The normalized spacial score (nSPS) is 18.6. The summed E-state index contributed by atoms with van der Waals surface area (Å²) in [6.45, 7) is 1.48. The molecule has 1 saturated carbocycles. The van der Waals surface area contributed by atoms with E-state index in [1.807, 2.05) is 6.92 Å². The third-order valence-electron chi connectivity index (χ3n) is 5.63. The molecule has 0 aliphatic heterocycles. The number of aliphatic hydroxyl groups excluding tert-OH is 1. The minimum atomic E-state index is -4.10. The highest BCUT2D eigenvalue weighted by molar-refractivity contribution is 7.92. The highest BCUT2D eigenvalue weighted by Crippen LogP contribution is 2.32. The maximum absolute atomic E-state index is 13.6. The lowest BCUT2D eigenvalue weighted by Crippen LogP contribution is -2.49. The number of nitrogens with one attached hydrogen (secondary N) is 1. The second-order valence-electron chi connectivity index (χ2n) is 7.89. The molecule has 0 unspecified atom stereocenters. The molecule has 2 aromatic carbocycles. The van der Waals surface area contributed by atoms with E-state index in [-0.39, 0.29) is 16.7 Å². The van der Waals surface area contributed by atoms with Crippen LogP contribution in [0.15, 0.2) is 47.4 Å². The SMILES string of the molecule is COc1ccc(S(=O)(=O)N(CC(=O)N[C@@H]2CCCC[C@H]2O)c2ccc(C)cc2)cc1OC. The smallest absolute Gasteiger partial charge is 0.264 e. The molecule has 174 valence electrons. The van der Waals surface area contributed by atoms with Gasteiger partial charge in [-0.1, -0.05) is 30.5 Å². The summed E-state index contributed by atoms with van der Waals surface area (Å²) in [7, 11) is -1.21. The Hall–Kier alpha value is -2.78. The molecule has 2 N–H and O–H groups in total. The number of nitrogens with zero attached hydrogens (tertiary/aromatic N) is 1. The van der Waals surface area contributed by atoms with Gasteiger partial charge in [0.15, 0.2) is 11.5 Å². The number of carbonyl (C=O) groups is 1. The van der Waals surface area contributed by atoms with Gasteiger partial charge in [0.25, 0.3) is 10.0 Å². The number of aryl methyl sites for hydroxylation is 1. The van der Waals surface area contributed by atoms with E-state index in [4.69, 9.17) is 9.47 Å². The Morgan fingerprint density at radius 1 is 1.06 bits per heavy atom. The summed E-state index contributed by atoms with van der Waals surface area (Å²) in [5.41, 5.74) is 1.33. The van der Waals surface area contributed by atoms with Crippen molar-refractivity contribution in [3.8, 4) is 11.5 Å². The number of sulfonamides is 1. The molecule has 0 aromatic heterocycles. The minimum Gasteiger partial charge on any atom is -0.493 e. The lowest BCUT2D eigenvalue weighted by atomic mass is 9.92. The largest absolute Gasteiger partial charge is 0.493 e. The molecule has 3 rings (SSSR count). The first kappa shape index (κ1) is 23.9. The Morgan fingerprint density at radius 3 is 2.34 bits per heavy atom. The molecule has 1 aliphatic rings. The van der Waals surface area contributed by atoms with Crippen LogP contribution in [-0.4, -0.2) is 52.3 Å². The van der Waals surface area contributed by atoms with Crippen molar-refractivity contribution in [2.45, 2.75) is 49.6 Å². The average Bonchev–Trinajstić information content (AvgIpc) is 2.79. The lowest BCUT2D eigenvalue weighted by molar-refractivity contribution is -0.121. The first-order valence-corrected chi connectivity index (χ1v) is 12.0. The lowest BCUT2D eigenvalue weighted by Gasteiger charge is -2.30. The molecule has 1 amide bonds. The molecule has 2 atom stereocenters. The van der Waals surface area contributed by atoms with E-state index in [9.17, 15) is 18.3 Å². The number of methoxy groups -OCH3 is 2. The number of benzene rings is 2. The van der Waals surface area contributed by atoms with Crippen LogP contribution in [0.5, 0.6) is 11.5 Å². The predicted octanol–water partition coefficient (Wildman–Crippen LogP) is 2.63. The Kier molecular flexibility index (Phi) is 7.63. The number of rotatable bonds is 8. The molecule has 0 heterocycles. The topological polar surface area (TPSA) is 105 Å². The number of hydrogen-bond donors (Lipinski definition) is 2. The summed E-state index contributed by atoms with van der Waals surface area (Å²) in [5.74, 6) is 0.199. The summed E-state index contributed by atoms with van der Waals surface area (Å²) < 4.78 is 38.7. The summed E-state index contributed by atoms with van der Waals surface area (Å²) in [4.78, 5) is 12.8. The maximum atomic E-state index is 13.6. The van der Waals surface area contributed by atoms with Crippen LogP contribution < -0.4 is 19.1 Å². The molecule has 0 saturated heterocycles. The summed E-state index contributed by atoms with van der Waals surface area (Å²) >= 11 is 0. The molecule has 8 nitrogen and oxygen atoms in total. The van der Waals surface area contributed by atoms with E-state index in [1.165, 1.54) is 32.4 Å². The number of anilines is 1. The van der Waals surface area contributed by atoms with Crippen molar-refractivity contribution in [3.63, 3.8) is 0 Å². The molecule has 0 bridgehead atoms. The van der Waals surface area contributed by atoms with Crippen molar-refractivity contribution in [2.75, 3.05) is 25.1 Å². The van der Waals surface area contributed by atoms with Crippen molar-refractivity contribution in [3.05, 3.63) is 48.0 Å². The zero-order chi connectivity index (χ0) is 23.3. The average molecular weight is 463 g/mol. The van der Waals surface area contributed by atoms with E-state index in [0.717, 1.165) is 22.7 Å². The highest BCUT2D eigenvalue weighted by Gasteiger charge is 2.30. The van der Waals surface area contributed by atoms with E-state index in [1.54, 1.807) is 24.3 Å². The van der Waals surface area contributed by atoms with Crippen LogP contribution in [-0.2, 0) is 14.8 Å². The molecule has 2 aromatic rings. The van der Waals surface area contributed by atoms with E-state index < -0.39 is 28.6 Å². The van der Waals surface area contributed by atoms with Crippen molar-refractivity contribution in [2.24, 2.45) is 0 Å². The van der Waals surface area contributed by atoms with Gasteiger partial charge in [0.1, 0.15) is 6.54 Å². The van der Waals surface area contributed by atoms with Crippen LogP contribution in [0, 0.1) is 6.92 Å². The van der Waals surface area contributed by atoms with Gasteiger partial charge < -0.3 is 19.9 Å². The Bertz CT molecular complexity index is 1040. The fourth-order valence-electron chi connectivity index (χ4n) is 3.79. The van der Waals surface area contributed by atoms with Crippen molar-refractivity contribution >= 4 is 21.6 Å². The number of carbonyl (C=O) groups excluding carboxylic acids is 1. The number of ether oxygens (including phenoxy) is 2. The summed E-state index contributed by atoms with van der Waals surface area (Å²) in [6, 6.07) is 10.8. The number of hydrogen-bond acceptors (Lipinski definition) is 6. The Balaban J connectivity index is 1.93. The molecule has 9 heteroatoms. The molecular formula is C23H30N2O6S. The fourth-order valence-corrected chi connectivity index (χ4v) is 5.23. The van der Waals surface area contributed by atoms with Gasteiger partial charge in [-0.25, -0.2) is 8.42 Å². The van der Waals surface area contributed by atoms with Crippen LogP contribution in [0.3, 0.4) is 0 Å². The van der Waals surface area contributed by atoms with Crippen LogP contribution >= 0.6 is 0 Å². The van der Waals surface area contributed by atoms with Gasteiger partial charge >= 0.3 is 0 Å². The van der Waals surface area contributed by atoms with E-state index >= 15 is 0 Å². The fraction of sp³-hybridized carbons (Fsp3) is 0.435. The van der Waals surface area contributed by atoms with Crippen LogP contribution in [0.1, 0.15) is 31.2 Å². The number of amides is 1. The Morgan fingerprint density at radius 2 is 1.72 bits per heavy atom. The zero-order valence-corrected chi connectivity index (χ0v) is 19.4. The van der Waals surface area contributed by atoms with Gasteiger partial charge in [0.2, 0.25) is 5.91 Å². The minimum absolute atomic E-state index is 0.0266. The van der Waals surface area contributed by atoms with Crippen molar-refractivity contribution in [1.29, 1.82) is 0 Å². The van der Waals surface area contributed by atoms with Crippen LogP contribution in [0.4, 0.5) is 5.69 Å². The molecule has 0 radical (unpaired) electrons. The standard InChI is InChI=1S/C23H30N2O6S/c1-16-8-10-17(11-9-16)25(15-23(27)24-19-6-4-5-7-20(19)26)32(28,29)18-12-13-21(30-2)22(14-18)31-3/h8-14,19-20,26H,4-7,15H2,1-3H3,(H,24,27)/t19-,20-/m1/s1. The highest BCUT2D eigenvalue weighted by atomic mass is 32.2. The van der Waals surface area contributed by atoms with Crippen molar-refractivity contribution in [1.82, 2.24) is 5.32 Å². The van der Waals surface area contributed by atoms with Gasteiger partial charge in [-0.15, -0.1) is 0 Å². The predicted molar refractivity (Wildman–Crippen MR) is 122 cm³/mol. The molecule has 1 aliphatic carbocycles. The molecular weight excluding hydrogens is 432 g/mol. The summed E-state index contributed by atoms with van der Waals surface area (Å²) in [6.07, 6.45) is 2.49. The number of aliphatic hydroxyl groups is 1. The van der Waals surface area contributed by atoms with Crippen molar-refractivity contribution < 1.29 is 27.8 Å². The van der Waals surface area contributed by atoms with Gasteiger partial charge in [0, 0.05) is 6.07 Å². The third-order valence-corrected chi connectivity index (χ3v) is 7.40. The van der Waals surface area contributed by atoms with E-state index in [0.29, 0.717) is 24.3 Å². The van der Waals surface area contributed by atoms with Gasteiger partial charge in [-0.3, -0.25) is 9.10 Å². The van der Waals surface area contributed by atoms with E-state index in [2.05, 4.69) is 5.32 Å². The zero-order valence-electron chi connectivity index (χ0n) is 18.6. The quantitative estimate of drug-likeness (QED) is 0.625. The third kappa shape index (κ3) is 5.34. The molecule has 0 spiro atoms. The first-order valence-electron chi connectivity index (χ1n) is 10.5. The molecule has 32 heavy (non-hydrogen) atoms. The monoisotopic (exact) mass is 462 g/mol. The molecule has 1 fully saturated rings. The van der Waals surface area contributed by atoms with Gasteiger partial charge in [-0.2, -0.15) is 0 Å².